The van der Waals surface area contributed by atoms with Gasteiger partial charge in [0, 0.05) is 5.75 Å². The molecule has 0 aliphatic carbocycles. The Labute approximate surface area is 93.0 Å². The summed E-state index contributed by atoms with van der Waals surface area (Å²) in [5.41, 5.74) is 0. The Hall–Kier alpha value is 0.0500. The van der Waals surface area contributed by atoms with E-state index in [0.29, 0.717) is 0 Å². The SMILES string of the molecule is C=CCSCCCCCCCC(C)O. The third-order valence-corrected chi connectivity index (χ3v) is 3.20. The minimum atomic E-state index is -0.113. The largest absolute Gasteiger partial charge is 0.393 e. The van der Waals surface area contributed by atoms with Gasteiger partial charge >= 0.3 is 0 Å². The van der Waals surface area contributed by atoms with Crippen molar-refractivity contribution in [2.45, 2.75) is 51.6 Å². The topological polar surface area (TPSA) is 20.2 Å². The molecule has 0 amide bonds. The van der Waals surface area contributed by atoms with Gasteiger partial charge in [-0.05, 0) is 25.5 Å². The number of unbranched alkanes of at least 4 members (excludes halogenated alkanes) is 4. The fourth-order valence-corrected chi connectivity index (χ4v) is 2.08. The van der Waals surface area contributed by atoms with Gasteiger partial charge in [0.05, 0.1) is 6.10 Å². The fraction of sp³-hybridized carbons (Fsp3) is 0.833. The van der Waals surface area contributed by atoms with Gasteiger partial charge in [-0.25, -0.2) is 0 Å². The molecule has 0 rings (SSSR count). The van der Waals surface area contributed by atoms with Crippen molar-refractivity contribution in [3.05, 3.63) is 12.7 Å². The van der Waals surface area contributed by atoms with Crippen LogP contribution in [0.3, 0.4) is 0 Å². The van der Waals surface area contributed by atoms with Crippen molar-refractivity contribution in [3.8, 4) is 0 Å². The van der Waals surface area contributed by atoms with Crippen LogP contribution in [0.15, 0.2) is 12.7 Å². The molecule has 0 aliphatic rings. The van der Waals surface area contributed by atoms with E-state index < -0.39 is 0 Å². The number of hydrogen-bond donors (Lipinski definition) is 1. The minimum Gasteiger partial charge on any atom is -0.393 e. The first kappa shape index (κ1) is 14.1. The smallest absolute Gasteiger partial charge is 0.0512 e. The Morgan fingerprint density at radius 3 is 2.50 bits per heavy atom. The molecule has 1 nitrogen and oxygen atoms in total. The lowest BCUT2D eigenvalue weighted by Crippen LogP contribution is -1.98. The Kier molecular flexibility index (Phi) is 11.2. The Morgan fingerprint density at radius 1 is 1.21 bits per heavy atom. The molecule has 1 atom stereocenters. The average Bonchev–Trinajstić information content (AvgIpc) is 2.15. The van der Waals surface area contributed by atoms with E-state index in [-0.39, 0.29) is 6.10 Å². The molecule has 0 aromatic carbocycles. The standard InChI is InChI=1S/C12H24OS/c1-3-10-14-11-8-6-4-5-7-9-12(2)13/h3,12-13H,1,4-11H2,2H3. The van der Waals surface area contributed by atoms with Crippen molar-refractivity contribution in [2.75, 3.05) is 11.5 Å². The number of hydrogen-bond acceptors (Lipinski definition) is 2. The van der Waals surface area contributed by atoms with E-state index in [2.05, 4.69) is 6.58 Å². The number of rotatable bonds is 10. The van der Waals surface area contributed by atoms with Crippen LogP contribution in [0.2, 0.25) is 0 Å². The zero-order valence-corrected chi connectivity index (χ0v) is 10.2. The van der Waals surface area contributed by atoms with E-state index in [1.54, 1.807) is 0 Å². The van der Waals surface area contributed by atoms with Gasteiger partial charge < -0.3 is 5.11 Å². The molecule has 0 bridgehead atoms. The first-order valence-corrected chi connectivity index (χ1v) is 6.79. The molecule has 0 saturated heterocycles. The van der Waals surface area contributed by atoms with Crippen LogP contribution < -0.4 is 0 Å². The highest BCUT2D eigenvalue weighted by molar-refractivity contribution is 7.99. The van der Waals surface area contributed by atoms with E-state index in [9.17, 15) is 0 Å². The van der Waals surface area contributed by atoms with Crippen LogP contribution >= 0.6 is 11.8 Å². The molecule has 0 fully saturated rings. The average molecular weight is 216 g/mol. The molecule has 0 aliphatic heterocycles. The summed E-state index contributed by atoms with van der Waals surface area (Å²) < 4.78 is 0. The van der Waals surface area contributed by atoms with Gasteiger partial charge in [0.1, 0.15) is 0 Å². The summed E-state index contributed by atoms with van der Waals surface area (Å²) in [4.78, 5) is 0. The van der Waals surface area contributed by atoms with Gasteiger partial charge in [0.25, 0.3) is 0 Å². The van der Waals surface area contributed by atoms with Crippen LogP contribution in [0.1, 0.15) is 45.4 Å². The van der Waals surface area contributed by atoms with Crippen LogP contribution in [0.4, 0.5) is 0 Å². The molecule has 2 heteroatoms. The molecule has 14 heavy (non-hydrogen) atoms. The van der Waals surface area contributed by atoms with Gasteiger partial charge in [-0.1, -0.05) is 31.8 Å². The molecule has 1 unspecified atom stereocenters. The second-order valence-corrected chi connectivity index (χ2v) is 4.92. The molecule has 0 saturated carbocycles. The second-order valence-electron chi connectivity index (χ2n) is 3.77. The molecule has 0 aromatic heterocycles. The van der Waals surface area contributed by atoms with E-state index >= 15 is 0 Å². The van der Waals surface area contributed by atoms with Crippen molar-refractivity contribution in [1.29, 1.82) is 0 Å². The molecule has 0 heterocycles. The highest BCUT2D eigenvalue weighted by Crippen LogP contribution is 2.10. The molecule has 84 valence electrons. The predicted octanol–water partition coefficient (Wildman–Crippen LogP) is 3.63. The molecule has 1 N–H and O–H groups in total. The summed E-state index contributed by atoms with van der Waals surface area (Å²) >= 11 is 1.96. The molecule has 0 radical (unpaired) electrons. The lowest BCUT2D eigenvalue weighted by Gasteiger charge is -2.03. The fourth-order valence-electron chi connectivity index (χ4n) is 1.34. The summed E-state index contributed by atoms with van der Waals surface area (Å²) in [5.74, 6) is 2.35. The highest BCUT2D eigenvalue weighted by atomic mass is 32.2. The lowest BCUT2D eigenvalue weighted by molar-refractivity contribution is 0.180. The van der Waals surface area contributed by atoms with Crippen molar-refractivity contribution in [1.82, 2.24) is 0 Å². The van der Waals surface area contributed by atoms with Crippen molar-refractivity contribution in [2.24, 2.45) is 0 Å². The maximum atomic E-state index is 9.04. The van der Waals surface area contributed by atoms with Gasteiger partial charge in [0.15, 0.2) is 0 Å². The number of aliphatic hydroxyl groups is 1. The summed E-state index contributed by atoms with van der Waals surface area (Å²) in [6, 6.07) is 0. The quantitative estimate of drug-likeness (QED) is 0.444. The Balaban J connectivity index is 2.88. The van der Waals surface area contributed by atoms with E-state index in [1.807, 2.05) is 24.8 Å². The van der Waals surface area contributed by atoms with Crippen molar-refractivity contribution >= 4 is 11.8 Å². The normalized spacial score (nSPS) is 12.7. The van der Waals surface area contributed by atoms with Crippen molar-refractivity contribution in [3.63, 3.8) is 0 Å². The van der Waals surface area contributed by atoms with Crippen LogP contribution in [-0.2, 0) is 0 Å². The highest BCUT2D eigenvalue weighted by Gasteiger charge is 1.95. The molecular weight excluding hydrogens is 192 g/mol. The Bertz CT molecular complexity index is 123. The van der Waals surface area contributed by atoms with Gasteiger partial charge in [0.2, 0.25) is 0 Å². The second kappa shape index (κ2) is 11.1. The van der Waals surface area contributed by atoms with E-state index in [0.717, 1.165) is 12.2 Å². The molecular formula is C12H24OS. The third kappa shape index (κ3) is 12.0. The number of aliphatic hydroxyl groups excluding tert-OH is 1. The van der Waals surface area contributed by atoms with Gasteiger partial charge in [-0.2, -0.15) is 11.8 Å². The summed E-state index contributed by atoms with van der Waals surface area (Å²) in [5, 5.41) is 9.04. The van der Waals surface area contributed by atoms with Crippen LogP contribution in [-0.4, -0.2) is 22.7 Å². The first-order chi connectivity index (χ1) is 6.77. The van der Waals surface area contributed by atoms with Crippen LogP contribution in [0.25, 0.3) is 0 Å². The summed E-state index contributed by atoms with van der Waals surface area (Å²) in [6.45, 7) is 5.56. The monoisotopic (exact) mass is 216 g/mol. The van der Waals surface area contributed by atoms with Gasteiger partial charge in [-0.15, -0.1) is 6.58 Å². The number of thioether (sulfide) groups is 1. The Morgan fingerprint density at radius 2 is 1.86 bits per heavy atom. The first-order valence-electron chi connectivity index (χ1n) is 5.64. The lowest BCUT2D eigenvalue weighted by atomic mass is 10.1. The van der Waals surface area contributed by atoms with E-state index in [4.69, 9.17) is 5.11 Å². The molecule has 0 aromatic rings. The maximum absolute atomic E-state index is 9.04. The predicted molar refractivity (Wildman–Crippen MR) is 66.9 cm³/mol. The zero-order chi connectivity index (χ0) is 10.6. The van der Waals surface area contributed by atoms with Crippen LogP contribution in [0, 0.1) is 0 Å². The zero-order valence-electron chi connectivity index (χ0n) is 9.37. The maximum Gasteiger partial charge on any atom is 0.0512 e. The van der Waals surface area contributed by atoms with Gasteiger partial charge in [-0.3, -0.25) is 0 Å². The molecule has 0 spiro atoms. The summed E-state index contributed by atoms with van der Waals surface area (Å²) in [6.07, 6.45) is 9.25. The van der Waals surface area contributed by atoms with Crippen LogP contribution in [0.5, 0.6) is 0 Å². The minimum absolute atomic E-state index is 0.113. The third-order valence-electron chi connectivity index (χ3n) is 2.15. The summed E-state index contributed by atoms with van der Waals surface area (Å²) in [7, 11) is 0. The van der Waals surface area contributed by atoms with Crippen molar-refractivity contribution < 1.29 is 5.11 Å². The van der Waals surface area contributed by atoms with E-state index in [1.165, 1.54) is 37.9 Å².